The molecule has 0 aromatic rings. The first-order chi connectivity index (χ1) is 7.52. The Balaban J connectivity index is 2.59. The fourth-order valence-electron chi connectivity index (χ4n) is 1.84. The van der Waals surface area contributed by atoms with Crippen molar-refractivity contribution in [3.05, 3.63) is 11.3 Å². The molecule has 1 fully saturated rings. The number of carbonyl (C=O) groups excluding carboxylic acids is 1. The maximum atomic E-state index is 11.5. The lowest BCUT2D eigenvalue weighted by Gasteiger charge is -2.22. The van der Waals surface area contributed by atoms with Crippen LogP contribution in [0, 0.1) is 0 Å². The molecule has 3 N–H and O–H groups in total. The molecule has 5 heteroatoms. The summed E-state index contributed by atoms with van der Waals surface area (Å²) in [4.78, 5) is 11.5. The van der Waals surface area contributed by atoms with Crippen LogP contribution in [0.5, 0.6) is 0 Å². The van der Waals surface area contributed by atoms with Gasteiger partial charge in [-0.05, 0) is 32.6 Å². The monoisotopic (exact) mass is 230 g/mol. The fraction of sp³-hybridized carbons (Fsp3) is 0.727. The number of esters is 1. The Hall–Kier alpha value is -1.07. The van der Waals surface area contributed by atoms with Gasteiger partial charge in [-0.2, -0.15) is 0 Å². The summed E-state index contributed by atoms with van der Waals surface area (Å²) in [6.07, 6.45) is 2.58. The van der Waals surface area contributed by atoms with Crippen molar-refractivity contribution in [1.29, 1.82) is 0 Å². The topological polar surface area (TPSA) is 87.0 Å². The zero-order valence-corrected chi connectivity index (χ0v) is 9.35. The zero-order valence-electron chi connectivity index (χ0n) is 9.35. The summed E-state index contributed by atoms with van der Waals surface area (Å²) in [5, 5.41) is 27.0. The van der Waals surface area contributed by atoms with Crippen LogP contribution < -0.4 is 0 Å². The van der Waals surface area contributed by atoms with Gasteiger partial charge in [0.2, 0.25) is 0 Å². The van der Waals surface area contributed by atoms with E-state index in [1.165, 1.54) is 6.92 Å². The highest BCUT2D eigenvalue weighted by Crippen LogP contribution is 2.22. The Kier molecular flexibility index (Phi) is 4.76. The van der Waals surface area contributed by atoms with Gasteiger partial charge in [-0.1, -0.05) is 6.42 Å². The first-order valence-electron chi connectivity index (χ1n) is 5.49. The van der Waals surface area contributed by atoms with Crippen LogP contribution in [0.25, 0.3) is 0 Å². The highest BCUT2D eigenvalue weighted by atomic mass is 16.6. The number of ether oxygens (including phenoxy) is 1. The van der Waals surface area contributed by atoms with E-state index in [2.05, 4.69) is 0 Å². The third-order valence-electron chi connectivity index (χ3n) is 2.69. The predicted octanol–water partition coefficient (Wildman–Crippen LogP) is 1.00. The van der Waals surface area contributed by atoms with Gasteiger partial charge in [-0.15, -0.1) is 0 Å². The molecular formula is C11H18O5. The van der Waals surface area contributed by atoms with E-state index in [1.54, 1.807) is 0 Å². The minimum atomic E-state index is -2.00. The molecule has 0 spiro atoms. The molecule has 0 saturated heterocycles. The van der Waals surface area contributed by atoms with Gasteiger partial charge >= 0.3 is 5.97 Å². The summed E-state index contributed by atoms with van der Waals surface area (Å²) in [7, 11) is 0. The van der Waals surface area contributed by atoms with E-state index in [9.17, 15) is 4.79 Å². The van der Waals surface area contributed by atoms with Crippen molar-refractivity contribution in [1.82, 2.24) is 0 Å². The van der Waals surface area contributed by atoms with E-state index in [1.807, 2.05) is 0 Å². The molecule has 1 aliphatic carbocycles. The van der Waals surface area contributed by atoms with Crippen molar-refractivity contribution < 1.29 is 24.9 Å². The summed E-state index contributed by atoms with van der Waals surface area (Å²) < 4.78 is 5.10. The Morgan fingerprint density at radius 2 is 1.81 bits per heavy atom. The van der Waals surface area contributed by atoms with E-state index in [0.717, 1.165) is 32.1 Å². The van der Waals surface area contributed by atoms with Crippen LogP contribution in [0.3, 0.4) is 0 Å². The van der Waals surface area contributed by atoms with E-state index >= 15 is 0 Å². The van der Waals surface area contributed by atoms with Crippen molar-refractivity contribution in [2.45, 2.75) is 51.4 Å². The second kappa shape index (κ2) is 5.86. The molecule has 0 amide bonds. The molecule has 92 valence electrons. The van der Waals surface area contributed by atoms with E-state index < -0.39 is 23.6 Å². The highest BCUT2D eigenvalue weighted by molar-refractivity contribution is 5.89. The number of aliphatic hydroxyl groups is 3. The average molecular weight is 230 g/mol. The molecule has 0 aliphatic heterocycles. The van der Waals surface area contributed by atoms with Gasteiger partial charge in [-0.3, -0.25) is 0 Å². The summed E-state index contributed by atoms with van der Waals surface area (Å²) in [5.41, 5.74) is -0.481. The quantitative estimate of drug-likeness (QED) is 0.291. The van der Waals surface area contributed by atoms with Gasteiger partial charge in [0.25, 0.3) is 0 Å². The van der Waals surface area contributed by atoms with Crippen molar-refractivity contribution >= 4 is 5.97 Å². The molecule has 1 rings (SSSR count). The van der Waals surface area contributed by atoms with Gasteiger partial charge < -0.3 is 20.1 Å². The molecule has 0 aromatic heterocycles. The number of aliphatic hydroxyl groups excluding tert-OH is 2. The molecule has 16 heavy (non-hydrogen) atoms. The molecule has 5 nitrogen and oxygen atoms in total. The predicted molar refractivity (Wildman–Crippen MR) is 56.5 cm³/mol. The molecule has 0 atom stereocenters. The first kappa shape index (κ1) is 13.0. The third kappa shape index (κ3) is 3.50. The molecule has 0 aromatic carbocycles. The summed E-state index contributed by atoms with van der Waals surface area (Å²) >= 11 is 0. The van der Waals surface area contributed by atoms with E-state index in [-0.39, 0.29) is 6.10 Å². The lowest BCUT2D eigenvalue weighted by atomic mass is 9.98. The smallest absolute Gasteiger partial charge is 0.342 e. The minimum Gasteiger partial charge on any atom is -0.512 e. The maximum Gasteiger partial charge on any atom is 0.342 e. The van der Waals surface area contributed by atoms with Crippen LogP contribution in [0.15, 0.2) is 11.3 Å². The number of carbonyl (C=O) groups is 1. The summed E-state index contributed by atoms with van der Waals surface area (Å²) in [6.45, 7) is 1.22. The number of hydrogen-bond acceptors (Lipinski definition) is 5. The average Bonchev–Trinajstić information content (AvgIpc) is 2.17. The van der Waals surface area contributed by atoms with Crippen LogP contribution in [-0.2, 0) is 9.53 Å². The van der Waals surface area contributed by atoms with Crippen LogP contribution in [-0.4, -0.2) is 33.7 Å². The lowest BCUT2D eigenvalue weighted by Crippen LogP contribution is -2.27. The lowest BCUT2D eigenvalue weighted by molar-refractivity contribution is -0.150. The van der Waals surface area contributed by atoms with Crippen molar-refractivity contribution in [3.8, 4) is 0 Å². The van der Waals surface area contributed by atoms with Crippen molar-refractivity contribution in [2.24, 2.45) is 0 Å². The SMILES string of the molecule is CC(O)=C(C(=O)OC1CCCCC1)C(O)O. The van der Waals surface area contributed by atoms with Gasteiger partial charge in [-0.25, -0.2) is 4.79 Å². The number of hydrogen-bond donors (Lipinski definition) is 3. The largest absolute Gasteiger partial charge is 0.512 e. The maximum absolute atomic E-state index is 11.5. The number of allylic oxidation sites excluding steroid dienone is 1. The second-order valence-electron chi connectivity index (χ2n) is 4.04. The van der Waals surface area contributed by atoms with Gasteiger partial charge in [0, 0.05) is 0 Å². The Morgan fingerprint density at radius 3 is 2.25 bits per heavy atom. The zero-order chi connectivity index (χ0) is 12.1. The summed E-state index contributed by atoms with van der Waals surface area (Å²) in [5.74, 6) is -1.27. The van der Waals surface area contributed by atoms with Crippen LogP contribution in [0.1, 0.15) is 39.0 Å². The van der Waals surface area contributed by atoms with Gasteiger partial charge in [0.05, 0.1) is 0 Å². The number of rotatable bonds is 3. The highest BCUT2D eigenvalue weighted by Gasteiger charge is 2.25. The van der Waals surface area contributed by atoms with Crippen LogP contribution >= 0.6 is 0 Å². The first-order valence-corrected chi connectivity index (χ1v) is 5.49. The molecule has 0 radical (unpaired) electrons. The van der Waals surface area contributed by atoms with Crippen molar-refractivity contribution in [2.75, 3.05) is 0 Å². The Labute approximate surface area is 94.4 Å². The second-order valence-corrected chi connectivity index (χ2v) is 4.04. The molecular weight excluding hydrogens is 212 g/mol. The van der Waals surface area contributed by atoms with E-state index in [4.69, 9.17) is 20.1 Å². The normalized spacial score (nSPS) is 19.5. The molecule has 0 unspecified atom stereocenters. The van der Waals surface area contributed by atoms with Crippen molar-refractivity contribution in [3.63, 3.8) is 0 Å². The standard InChI is InChI=1S/C11H18O5/c1-7(12)9(10(13)14)11(15)16-8-5-3-2-4-6-8/h8,10,12-14H,2-6H2,1H3. The molecule has 1 saturated carbocycles. The molecule has 0 bridgehead atoms. The summed E-state index contributed by atoms with van der Waals surface area (Å²) in [6, 6.07) is 0. The Morgan fingerprint density at radius 1 is 1.25 bits per heavy atom. The van der Waals surface area contributed by atoms with Gasteiger partial charge in [0.15, 0.2) is 6.29 Å². The van der Waals surface area contributed by atoms with Gasteiger partial charge in [0.1, 0.15) is 17.4 Å². The minimum absolute atomic E-state index is 0.172. The fourth-order valence-corrected chi connectivity index (χ4v) is 1.84. The van der Waals surface area contributed by atoms with Crippen LogP contribution in [0.2, 0.25) is 0 Å². The van der Waals surface area contributed by atoms with E-state index in [0.29, 0.717) is 0 Å². The molecule has 1 aliphatic rings. The molecule has 0 heterocycles. The third-order valence-corrected chi connectivity index (χ3v) is 2.69. The van der Waals surface area contributed by atoms with Crippen LogP contribution in [0.4, 0.5) is 0 Å². The Bertz CT molecular complexity index is 272.